The van der Waals surface area contributed by atoms with Crippen LogP contribution in [0, 0.1) is 0 Å². The topological polar surface area (TPSA) is 322 Å². The van der Waals surface area contributed by atoms with Crippen LogP contribution in [0.1, 0.15) is 395 Å². The third-order valence-corrected chi connectivity index (χ3v) is 21.0. The molecule has 23 nitrogen and oxygen atoms in total. The molecular formula is C82H156N4Na2O19P2. The van der Waals surface area contributed by atoms with E-state index in [4.69, 9.17) is 37.0 Å². The molecule has 0 saturated carbocycles. The Kier molecular flexibility index (Phi) is 83.8. The minimum absolute atomic E-state index is 0. The summed E-state index contributed by atoms with van der Waals surface area (Å²) in [5.41, 5.74) is 0. The molecule has 109 heavy (non-hydrogen) atoms. The zero-order valence-corrected chi connectivity index (χ0v) is 76.2. The Labute approximate surface area is 706 Å². The van der Waals surface area contributed by atoms with Gasteiger partial charge in [-0.05, 0) is 51.4 Å². The number of phosphoric acid groups is 2. The first-order valence-corrected chi connectivity index (χ1v) is 46.1. The number of ketones is 2. The number of ether oxygens (including phenoxy) is 4. The maximum absolute atomic E-state index is 13.3. The predicted molar refractivity (Wildman–Crippen MR) is 424 cm³/mol. The zero-order valence-electron chi connectivity index (χ0n) is 70.4. The standard InChI is InChI=1S/C82H158N4O19P2.2Na/c1-7-13-19-25-29-33-36-42-46-52-74(87)66-78(89)85-72(68-98-62-58-76(54-48-40-23-17-11-5)104-80(91)56-50-44-38-32-28-22-16-10-4)70-102-106(94,95)100-64-60-83-82(93)84-61-65-101-107(96,97)103-71-73(86-79(90)67-75(88)53-47-43-37-34-30-26-20-14-8-2)69-99-63-59-77(55-49-41-24-18-12-6)105-81(92)57-51-45-39-35-31-27-21-15-9-3;;/h72-73,76-77H,7-71H2,1-6H3,(H,85,89)(H,86,90)(H,94,95)(H,96,97)(H2,83,84,93);;/q;2*+1/p-2. The Morgan fingerprint density at radius 3 is 0.853 bits per heavy atom. The maximum atomic E-state index is 13.3. The molecule has 630 valence electrons. The van der Waals surface area contributed by atoms with E-state index >= 15 is 0 Å². The summed E-state index contributed by atoms with van der Waals surface area (Å²) >= 11 is 0. The summed E-state index contributed by atoms with van der Waals surface area (Å²) in [6.07, 6.45) is 50.6. The van der Waals surface area contributed by atoms with Gasteiger partial charge in [-0.2, -0.15) is 0 Å². The number of Topliss-reactive ketones (excluding diaryl/α,β-unsaturated/α-hetero) is 2. The first-order chi connectivity index (χ1) is 51.8. The van der Waals surface area contributed by atoms with Crippen LogP contribution in [0.25, 0.3) is 0 Å². The monoisotopic (exact) mass is 1610 g/mol. The molecule has 0 aromatic carbocycles. The van der Waals surface area contributed by atoms with Crippen LogP contribution in [0.5, 0.6) is 0 Å². The Morgan fingerprint density at radius 1 is 0.312 bits per heavy atom. The fraction of sp³-hybridized carbons (Fsp3) is 0.915. The Morgan fingerprint density at radius 2 is 0.569 bits per heavy atom. The van der Waals surface area contributed by atoms with E-state index in [-0.39, 0.29) is 147 Å². The van der Waals surface area contributed by atoms with Gasteiger partial charge in [0.25, 0.3) is 15.6 Å². The van der Waals surface area contributed by atoms with E-state index in [0.29, 0.717) is 51.4 Å². The van der Waals surface area contributed by atoms with Gasteiger partial charge in [0.2, 0.25) is 11.8 Å². The first-order valence-electron chi connectivity index (χ1n) is 43.2. The number of esters is 2. The van der Waals surface area contributed by atoms with Crippen molar-refractivity contribution in [2.45, 2.75) is 419 Å². The molecule has 4 N–H and O–H groups in total. The number of urea groups is 1. The average molecular weight is 1610 g/mol. The summed E-state index contributed by atoms with van der Waals surface area (Å²) in [6, 6.07) is -2.86. The molecule has 6 atom stereocenters. The maximum Gasteiger partial charge on any atom is 1.00 e. The van der Waals surface area contributed by atoms with Gasteiger partial charge in [0, 0.05) is 51.6 Å². The SMILES string of the molecule is CCCCCCCCCCCC(=O)CC(=O)NC(COCCC(CCCCCCC)OC(=O)CCCCCCCCCC)COP(=O)([O-])OCCNC(=O)NCCOP(=O)([O-])OCC(COCCC(CCCCCCC)OC(=O)CCCCCCCCCCC)NC(=O)CC(=O)CCCCCCCCCCC.[Na+].[Na+]. The van der Waals surface area contributed by atoms with Gasteiger partial charge in [-0.1, -0.05) is 292 Å². The second-order valence-electron chi connectivity index (χ2n) is 29.6. The third kappa shape index (κ3) is 78.9. The Bertz CT molecular complexity index is 2260. The minimum atomic E-state index is -5.06. The molecule has 0 heterocycles. The van der Waals surface area contributed by atoms with Crippen molar-refractivity contribution in [1.82, 2.24) is 21.3 Å². The van der Waals surface area contributed by atoms with Crippen LogP contribution in [0.2, 0.25) is 0 Å². The molecule has 0 spiro atoms. The van der Waals surface area contributed by atoms with E-state index in [0.717, 1.165) is 167 Å². The summed E-state index contributed by atoms with van der Waals surface area (Å²) in [5.74, 6) is -2.19. The molecule has 0 aromatic heterocycles. The van der Waals surface area contributed by atoms with E-state index in [1.165, 1.54) is 109 Å². The van der Waals surface area contributed by atoms with Gasteiger partial charge in [0.1, 0.15) is 23.8 Å². The molecule has 27 heteroatoms. The van der Waals surface area contributed by atoms with Crippen LogP contribution in [0.3, 0.4) is 0 Å². The van der Waals surface area contributed by atoms with Crippen LogP contribution in [-0.2, 0) is 74.9 Å². The summed E-state index contributed by atoms with van der Waals surface area (Å²) in [4.78, 5) is 117. The molecule has 0 aliphatic carbocycles. The number of carbonyl (C=O) groups is 7. The van der Waals surface area contributed by atoms with Crippen molar-refractivity contribution in [3.8, 4) is 0 Å². The molecule has 6 unspecified atom stereocenters. The van der Waals surface area contributed by atoms with Crippen molar-refractivity contribution >= 4 is 57.0 Å². The predicted octanol–water partition coefficient (Wildman–Crippen LogP) is 12.8. The van der Waals surface area contributed by atoms with Crippen LogP contribution in [-0.4, -0.2) is 132 Å². The number of unbranched alkanes of at least 4 members (excludes halogenated alkanes) is 39. The van der Waals surface area contributed by atoms with E-state index < -0.39 is 84.8 Å². The quantitative estimate of drug-likeness (QED) is 0.0144. The van der Waals surface area contributed by atoms with E-state index in [9.17, 15) is 52.5 Å². The number of carbonyl (C=O) groups excluding carboxylic acids is 7. The van der Waals surface area contributed by atoms with E-state index in [1.807, 2.05) is 0 Å². The van der Waals surface area contributed by atoms with Gasteiger partial charge in [0.05, 0.1) is 77.8 Å². The molecule has 0 bridgehead atoms. The van der Waals surface area contributed by atoms with Crippen LogP contribution in [0.4, 0.5) is 4.79 Å². The summed E-state index contributed by atoms with van der Waals surface area (Å²) < 4.78 is 70.4. The normalized spacial score (nSPS) is 13.5. The van der Waals surface area contributed by atoms with Gasteiger partial charge in [-0.3, -0.25) is 37.9 Å². The fourth-order valence-electron chi connectivity index (χ4n) is 12.6. The molecule has 0 saturated heterocycles. The molecule has 0 rings (SSSR count). The van der Waals surface area contributed by atoms with Crippen LogP contribution >= 0.6 is 15.6 Å². The van der Waals surface area contributed by atoms with Crippen molar-refractivity contribution in [3.05, 3.63) is 0 Å². The van der Waals surface area contributed by atoms with E-state index in [2.05, 4.69) is 62.8 Å². The van der Waals surface area contributed by atoms with Gasteiger partial charge in [0.15, 0.2) is 0 Å². The Hall–Kier alpha value is -1.37. The molecule has 0 aliphatic rings. The summed E-state index contributed by atoms with van der Waals surface area (Å²) in [7, 11) is -10.1. The van der Waals surface area contributed by atoms with Gasteiger partial charge in [-0.25, -0.2) is 4.79 Å². The van der Waals surface area contributed by atoms with Crippen molar-refractivity contribution in [2.75, 3.05) is 65.9 Å². The number of hydrogen-bond donors (Lipinski definition) is 4. The van der Waals surface area contributed by atoms with Crippen molar-refractivity contribution in [2.24, 2.45) is 0 Å². The third-order valence-electron chi connectivity index (χ3n) is 19.1. The van der Waals surface area contributed by atoms with Crippen molar-refractivity contribution in [1.29, 1.82) is 0 Å². The number of amides is 4. The van der Waals surface area contributed by atoms with Gasteiger partial charge >= 0.3 is 77.1 Å². The van der Waals surface area contributed by atoms with Gasteiger partial charge < -0.3 is 68.1 Å². The van der Waals surface area contributed by atoms with Crippen molar-refractivity contribution in [3.63, 3.8) is 0 Å². The fourth-order valence-corrected chi connectivity index (χ4v) is 14.1. The summed E-state index contributed by atoms with van der Waals surface area (Å²) in [5, 5.41) is 10.2. The zero-order chi connectivity index (χ0) is 78.8. The number of hydrogen-bond acceptors (Lipinski definition) is 19. The largest absolute Gasteiger partial charge is 1.00 e. The number of nitrogens with one attached hydrogen (secondary N) is 4. The number of phosphoric ester groups is 2. The molecule has 0 radical (unpaired) electrons. The second-order valence-corrected chi connectivity index (χ2v) is 32.4. The van der Waals surface area contributed by atoms with Crippen LogP contribution in [0.15, 0.2) is 0 Å². The van der Waals surface area contributed by atoms with E-state index in [1.54, 1.807) is 0 Å². The minimum Gasteiger partial charge on any atom is -0.756 e. The van der Waals surface area contributed by atoms with Gasteiger partial charge in [-0.15, -0.1) is 0 Å². The molecular weight excluding hydrogens is 1450 g/mol. The second kappa shape index (κ2) is 81.8. The molecule has 4 amide bonds. The number of rotatable bonds is 83. The first kappa shape index (κ1) is 112. The Balaban J connectivity index is -0.0000562. The van der Waals surface area contributed by atoms with Crippen molar-refractivity contribution < 1.29 is 149 Å². The molecule has 0 aliphatic heterocycles. The molecule has 0 aromatic rings. The molecule has 0 fully saturated rings. The van der Waals surface area contributed by atoms with Crippen LogP contribution < -0.4 is 90.2 Å². The smallest absolute Gasteiger partial charge is 0.756 e. The average Bonchev–Trinajstić information content (AvgIpc) is 0.903. The summed E-state index contributed by atoms with van der Waals surface area (Å²) in [6.45, 7) is 9.98.